The summed E-state index contributed by atoms with van der Waals surface area (Å²) in [5, 5.41) is 0. The van der Waals surface area contributed by atoms with Crippen molar-refractivity contribution in [1.29, 1.82) is 0 Å². The van der Waals surface area contributed by atoms with E-state index in [1.165, 1.54) is 11.1 Å². The summed E-state index contributed by atoms with van der Waals surface area (Å²) in [4.78, 5) is 8.89. The lowest BCUT2D eigenvalue weighted by Gasteiger charge is -2.25. The number of hydrogen-bond donors (Lipinski definition) is 1. The van der Waals surface area contributed by atoms with Crippen molar-refractivity contribution in [3.63, 3.8) is 0 Å². The molecule has 1 heterocycles. The van der Waals surface area contributed by atoms with Crippen molar-refractivity contribution in [3.8, 4) is 6.01 Å². The molecule has 108 valence electrons. The summed E-state index contributed by atoms with van der Waals surface area (Å²) in [5.74, 6) is 0. The lowest BCUT2D eigenvalue weighted by atomic mass is 9.89. The maximum atomic E-state index is 6.02. The highest BCUT2D eigenvalue weighted by Gasteiger charge is 2.22. The number of ether oxygens (including phenoxy) is 1. The van der Waals surface area contributed by atoms with Crippen LogP contribution in [0.4, 0.5) is 0 Å². The first-order valence-corrected chi connectivity index (χ1v) is 7.44. The van der Waals surface area contributed by atoms with Gasteiger partial charge in [0.1, 0.15) is 16.8 Å². The molecule has 1 aromatic carbocycles. The van der Waals surface area contributed by atoms with E-state index >= 15 is 0 Å². The van der Waals surface area contributed by atoms with Gasteiger partial charge in [0.05, 0.1) is 0 Å². The van der Waals surface area contributed by atoms with E-state index in [0.717, 1.165) is 25.0 Å². The van der Waals surface area contributed by atoms with Crippen molar-refractivity contribution in [2.24, 2.45) is 5.73 Å². The minimum absolute atomic E-state index is 0.00375. The topological polar surface area (TPSA) is 61.0 Å². The number of aryl methyl sites for hydroxylation is 2. The van der Waals surface area contributed by atoms with Gasteiger partial charge in [-0.15, -0.1) is 0 Å². The second-order valence-corrected chi connectivity index (χ2v) is 5.68. The Morgan fingerprint density at radius 2 is 2.14 bits per heavy atom. The highest BCUT2D eigenvalue weighted by Crippen LogP contribution is 2.32. The Labute approximate surface area is 129 Å². The van der Waals surface area contributed by atoms with Crippen molar-refractivity contribution in [2.75, 3.05) is 0 Å². The van der Waals surface area contributed by atoms with Crippen LogP contribution in [0.3, 0.4) is 0 Å². The van der Waals surface area contributed by atoms with Crippen molar-refractivity contribution in [1.82, 2.24) is 9.97 Å². The zero-order valence-corrected chi connectivity index (χ0v) is 12.7. The fourth-order valence-corrected chi connectivity index (χ4v) is 2.78. The van der Waals surface area contributed by atoms with E-state index in [1.807, 2.05) is 13.0 Å². The van der Waals surface area contributed by atoms with Crippen LogP contribution in [0, 0.1) is 6.92 Å². The van der Waals surface area contributed by atoms with E-state index in [9.17, 15) is 0 Å². The van der Waals surface area contributed by atoms with Crippen LogP contribution in [-0.4, -0.2) is 15.0 Å². The minimum atomic E-state index is -0.00375. The summed E-state index contributed by atoms with van der Waals surface area (Å²) in [7, 11) is 0. The van der Waals surface area contributed by atoms with E-state index in [2.05, 4.69) is 28.2 Å². The van der Waals surface area contributed by atoms with Gasteiger partial charge in [0.2, 0.25) is 0 Å². The van der Waals surface area contributed by atoms with E-state index < -0.39 is 0 Å². The maximum Gasteiger partial charge on any atom is 0.317 e. The van der Waals surface area contributed by atoms with Gasteiger partial charge in [0.15, 0.2) is 0 Å². The Morgan fingerprint density at radius 3 is 2.95 bits per heavy atom. The molecule has 2 N–H and O–H groups in total. The number of thiocarbonyl (C=S) groups is 1. The molecule has 5 heteroatoms. The summed E-state index contributed by atoms with van der Waals surface area (Å²) < 4.78 is 6.02. The largest absolute Gasteiger partial charge is 0.455 e. The number of nitrogens with zero attached hydrogens (tertiary/aromatic N) is 2. The lowest BCUT2D eigenvalue weighted by Crippen LogP contribution is -2.18. The van der Waals surface area contributed by atoms with Crippen LogP contribution in [0.1, 0.15) is 41.5 Å². The molecule has 1 atom stereocenters. The first-order chi connectivity index (χ1) is 10.1. The molecule has 4 nitrogen and oxygen atoms in total. The quantitative estimate of drug-likeness (QED) is 0.883. The van der Waals surface area contributed by atoms with E-state index in [-0.39, 0.29) is 11.1 Å². The average Bonchev–Trinajstić information content (AvgIpc) is 2.47. The van der Waals surface area contributed by atoms with Crippen molar-refractivity contribution < 1.29 is 4.74 Å². The monoisotopic (exact) mass is 299 g/mol. The zero-order chi connectivity index (χ0) is 14.8. The number of benzene rings is 1. The van der Waals surface area contributed by atoms with E-state index in [0.29, 0.717) is 11.7 Å². The van der Waals surface area contributed by atoms with Gasteiger partial charge in [-0.25, -0.2) is 4.98 Å². The van der Waals surface area contributed by atoms with Gasteiger partial charge in [-0.1, -0.05) is 36.5 Å². The van der Waals surface area contributed by atoms with Crippen molar-refractivity contribution >= 4 is 17.2 Å². The molecule has 1 unspecified atom stereocenters. The van der Waals surface area contributed by atoms with Crippen molar-refractivity contribution in [2.45, 2.75) is 32.3 Å². The van der Waals surface area contributed by atoms with Crippen LogP contribution in [0.15, 0.2) is 30.3 Å². The Morgan fingerprint density at radius 1 is 1.33 bits per heavy atom. The molecular weight excluding hydrogens is 282 g/mol. The predicted molar refractivity (Wildman–Crippen MR) is 85.4 cm³/mol. The van der Waals surface area contributed by atoms with Gasteiger partial charge >= 0.3 is 6.01 Å². The van der Waals surface area contributed by atoms with Gasteiger partial charge in [-0.2, -0.15) is 4.98 Å². The fraction of sp³-hybridized carbons (Fsp3) is 0.312. The smallest absolute Gasteiger partial charge is 0.317 e. The summed E-state index contributed by atoms with van der Waals surface area (Å²) in [6.45, 7) is 1.88. The molecule has 0 spiro atoms. The SMILES string of the molecule is Cc1cc(C(N)=S)nc(OC2CCCc3ccccc32)n1. The molecule has 1 aliphatic rings. The van der Waals surface area contributed by atoms with E-state index in [1.54, 1.807) is 6.07 Å². The first kappa shape index (κ1) is 13.9. The van der Waals surface area contributed by atoms with Gasteiger partial charge in [-0.05, 0) is 43.4 Å². The Balaban J connectivity index is 1.90. The number of nitrogens with two attached hydrogens (primary N) is 1. The molecule has 1 aliphatic carbocycles. The van der Waals surface area contributed by atoms with Crippen LogP contribution in [0.2, 0.25) is 0 Å². The van der Waals surface area contributed by atoms with Crippen LogP contribution in [-0.2, 0) is 6.42 Å². The molecule has 2 aromatic rings. The third-order valence-electron chi connectivity index (χ3n) is 3.65. The third kappa shape index (κ3) is 3.03. The van der Waals surface area contributed by atoms with Gasteiger partial charge in [-0.3, -0.25) is 0 Å². The maximum absolute atomic E-state index is 6.02. The molecular formula is C16H17N3OS. The van der Waals surface area contributed by atoms with Crippen LogP contribution in [0.25, 0.3) is 0 Å². The summed E-state index contributed by atoms with van der Waals surface area (Å²) in [6, 6.07) is 10.5. The number of rotatable bonds is 3. The second kappa shape index (κ2) is 5.77. The molecule has 0 amide bonds. The molecule has 0 saturated heterocycles. The number of aromatic nitrogens is 2. The normalized spacial score (nSPS) is 17.1. The first-order valence-electron chi connectivity index (χ1n) is 7.03. The van der Waals surface area contributed by atoms with E-state index in [4.69, 9.17) is 22.7 Å². The van der Waals surface area contributed by atoms with Gasteiger partial charge in [0.25, 0.3) is 0 Å². The highest BCUT2D eigenvalue weighted by molar-refractivity contribution is 7.80. The zero-order valence-electron chi connectivity index (χ0n) is 11.9. The average molecular weight is 299 g/mol. The van der Waals surface area contributed by atoms with Crippen LogP contribution in [0.5, 0.6) is 6.01 Å². The predicted octanol–water partition coefficient (Wildman–Crippen LogP) is 2.88. The molecule has 0 radical (unpaired) electrons. The Hall–Kier alpha value is -2.01. The Kier molecular flexibility index (Phi) is 3.84. The van der Waals surface area contributed by atoms with Gasteiger partial charge < -0.3 is 10.5 Å². The molecule has 0 aliphatic heterocycles. The lowest BCUT2D eigenvalue weighted by molar-refractivity contribution is 0.167. The Bertz CT molecular complexity index is 687. The summed E-state index contributed by atoms with van der Waals surface area (Å²) in [6.07, 6.45) is 3.17. The molecule has 0 fully saturated rings. The fourth-order valence-electron chi connectivity index (χ4n) is 2.68. The third-order valence-corrected chi connectivity index (χ3v) is 3.86. The number of fused-ring (bicyclic) bond motifs is 1. The number of hydrogen-bond acceptors (Lipinski definition) is 4. The molecule has 0 bridgehead atoms. The molecule has 1 aromatic heterocycles. The second-order valence-electron chi connectivity index (χ2n) is 5.24. The standard InChI is InChI=1S/C16H17N3OS/c1-10-9-13(15(17)21)19-16(18-10)20-14-8-4-6-11-5-2-3-7-12(11)14/h2-3,5,7,9,14H,4,6,8H2,1H3,(H2,17,21). The summed E-state index contributed by atoms with van der Waals surface area (Å²) in [5.41, 5.74) is 9.57. The summed E-state index contributed by atoms with van der Waals surface area (Å²) >= 11 is 4.98. The molecule has 21 heavy (non-hydrogen) atoms. The van der Waals surface area contributed by atoms with Crippen LogP contribution < -0.4 is 10.5 Å². The minimum Gasteiger partial charge on any atom is -0.455 e. The van der Waals surface area contributed by atoms with Crippen molar-refractivity contribution in [3.05, 3.63) is 52.8 Å². The molecule has 0 saturated carbocycles. The highest BCUT2D eigenvalue weighted by atomic mass is 32.1. The van der Waals surface area contributed by atoms with Crippen LogP contribution >= 0.6 is 12.2 Å². The molecule has 3 rings (SSSR count). The van der Waals surface area contributed by atoms with Gasteiger partial charge in [0, 0.05) is 5.69 Å².